The van der Waals surface area contributed by atoms with Gasteiger partial charge in [-0.3, -0.25) is 14.3 Å². The Labute approximate surface area is 197 Å². The summed E-state index contributed by atoms with van der Waals surface area (Å²) in [6.45, 7) is 5.56. The number of aromatic nitrogens is 2. The van der Waals surface area contributed by atoms with Crippen molar-refractivity contribution in [2.24, 2.45) is 0 Å². The van der Waals surface area contributed by atoms with Gasteiger partial charge in [0.15, 0.2) is 0 Å². The molecule has 1 saturated carbocycles. The summed E-state index contributed by atoms with van der Waals surface area (Å²) in [5.41, 5.74) is 2.58. The Bertz CT molecular complexity index is 991. The van der Waals surface area contributed by atoms with Gasteiger partial charge in [-0.1, -0.05) is 50.5 Å². The predicted octanol–water partition coefficient (Wildman–Crippen LogP) is 3.34. The van der Waals surface area contributed by atoms with Gasteiger partial charge in [-0.15, -0.1) is 0 Å². The molecule has 2 amide bonds. The molecule has 0 saturated heterocycles. The SMILES string of the molecule is CCc1ccc(-c2cc3n(n2)C[C@@](C)(C(=O)NC2CCCCC2)N(CCN(C)C)C3=O)cc1. The Kier molecular flexibility index (Phi) is 6.88. The van der Waals surface area contributed by atoms with Gasteiger partial charge < -0.3 is 15.1 Å². The monoisotopic (exact) mass is 451 g/mol. The molecule has 1 aromatic heterocycles. The van der Waals surface area contributed by atoms with Crippen LogP contribution >= 0.6 is 0 Å². The number of rotatable bonds is 7. The zero-order valence-corrected chi connectivity index (χ0v) is 20.4. The van der Waals surface area contributed by atoms with Gasteiger partial charge in [0, 0.05) is 24.7 Å². The van der Waals surface area contributed by atoms with Crippen molar-refractivity contribution in [3.8, 4) is 11.3 Å². The second kappa shape index (κ2) is 9.67. The summed E-state index contributed by atoms with van der Waals surface area (Å²) in [7, 11) is 3.96. The molecule has 1 fully saturated rings. The van der Waals surface area contributed by atoms with Crippen LogP contribution in [0.1, 0.15) is 62.0 Å². The lowest BCUT2D eigenvalue weighted by Gasteiger charge is -2.44. The van der Waals surface area contributed by atoms with Crippen molar-refractivity contribution < 1.29 is 9.59 Å². The van der Waals surface area contributed by atoms with Crippen molar-refractivity contribution in [2.75, 3.05) is 27.2 Å². The number of hydrogen-bond donors (Lipinski definition) is 1. The highest BCUT2D eigenvalue weighted by Crippen LogP contribution is 2.31. The molecule has 0 radical (unpaired) electrons. The molecule has 7 nitrogen and oxygen atoms in total. The first kappa shape index (κ1) is 23.5. The Morgan fingerprint density at radius 3 is 2.52 bits per heavy atom. The summed E-state index contributed by atoms with van der Waals surface area (Å²) in [4.78, 5) is 31.0. The number of hydrogen-bond acceptors (Lipinski definition) is 4. The summed E-state index contributed by atoms with van der Waals surface area (Å²) in [6.07, 6.45) is 6.53. The van der Waals surface area contributed by atoms with E-state index >= 15 is 0 Å². The zero-order chi connectivity index (χ0) is 23.6. The molecule has 1 aromatic carbocycles. The minimum Gasteiger partial charge on any atom is -0.351 e. The topological polar surface area (TPSA) is 70.5 Å². The van der Waals surface area contributed by atoms with Crippen LogP contribution in [0, 0.1) is 0 Å². The number of fused-ring (bicyclic) bond motifs is 1. The van der Waals surface area contributed by atoms with E-state index < -0.39 is 5.54 Å². The largest absolute Gasteiger partial charge is 0.351 e. The fraction of sp³-hybridized carbons (Fsp3) is 0.577. The lowest BCUT2D eigenvalue weighted by molar-refractivity contribution is -0.134. The van der Waals surface area contributed by atoms with Gasteiger partial charge >= 0.3 is 0 Å². The molecule has 2 heterocycles. The molecule has 1 aliphatic heterocycles. The van der Waals surface area contributed by atoms with E-state index in [1.54, 1.807) is 9.58 Å². The van der Waals surface area contributed by atoms with Crippen molar-refractivity contribution in [2.45, 2.75) is 70.5 Å². The van der Waals surface area contributed by atoms with Crippen LogP contribution in [0.2, 0.25) is 0 Å². The van der Waals surface area contributed by atoms with E-state index in [0.29, 0.717) is 25.3 Å². The molecule has 0 spiro atoms. The summed E-state index contributed by atoms with van der Waals surface area (Å²) >= 11 is 0. The molecule has 0 bridgehead atoms. The first-order chi connectivity index (χ1) is 15.8. The van der Waals surface area contributed by atoms with Crippen molar-refractivity contribution >= 4 is 11.8 Å². The van der Waals surface area contributed by atoms with Crippen molar-refractivity contribution in [1.29, 1.82) is 0 Å². The molecule has 7 heteroatoms. The van der Waals surface area contributed by atoms with Gasteiger partial charge in [0.2, 0.25) is 5.91 Å². The van der Waals surface area contributed by atoms with E-state index in [4.69, 9.17) is 5.10 Å². The van der Waals surface area contributed by atoms with E-state index in [1.165, 1.54) is 12.0 Å². The van der Waals surface area contributed by atoms with Crippen LogP contribution < -0.4 is 5.32 Å². The summed E-state index contributed by atoms with van der Waals surface area (Å²) in [5.74, 6) is -0.204. The second-order valence-electron chi connectivity index (χ2n) is 9.97. The van der Waals surface area contributed by atoms with E-state index in [2.05, 4.69) is 36.5 Å². The van der Waals surface area contributed by atoms with Crippen LogP contribution in [0.15, 0.2) is 30.3 Å². The number of carbonyl (C=O) groups is 2. The number of nitrogens with zero attached hydrogens (tertiary/aromatic N) is 4. The zero-order valence-electron chi connectivity index (χ0n) is 20.4. The first-order valence-electron chi connectivity index (χ1n) is 12.3. The fourth-order valence-electron chi connectivity index (χ4n) is 4.93. The van der Waals surface area contributed by atoms with Crippen LogP contribution in [0.4, 0.5) is 0 Å². The van der Waals surface area contributed by atoms with Gasteiger partial charge in [-0.05, 0) is 51.9 Å². The highest BCUT2D eigenvalue weighted by Gasteiger charge is 2.48. The fourth-order valence-corrected chi connectivity index (χ4v) is 4.93. The van der Waals surface area contributed by atoms with Gasteiger partial charge in [0.1, 0.15) is 11.2 Å². The van der Waals surface area contributed by atoms with E-state index in [9.17, 15) is 9.59 Å². The molecule has 4 rings (SSSR count). The van der Waals surface area contributed by atoms with Crippen molar-refractivity contribution in [3.63, 3.8) is 0 Å². The Morgan fingerprint density at radius 2 is 1.88 bits per heavy atom. The lowest BCUT2D eigenvalue weighted by atomic mass is 9.91. The number of benzene rings is 1. The van der Waals surface area contributed by atoms with Crippen LogP contribution in [0.25, 0.3) is 11.3 Å². The number of carbonyl (C=O) groups excluding carboxylic acids is 2. The molecule has 0 unspecified atom stereocenters. The number of amides is 2. The molecule has 2 aliphatic rings. The minimum atomic E-state index is -0.979. The minimum absolute atomic E-state index is 0.0727. The van der Waals surface area contributed by atoms with Gasteiger partial charge in [0.25, 0.3) is 5.91 Å². The summed E-state index contributed by atoms with van der Waals surface area (Å²) in [5, 5.41) is 8.02. The number of aryl methyl sites for hydroxylation is 1. The van der Waals surface area contributed by atoms with Crippen molar-refractivity contribution in [3.05, 3.63) is 41.6 Å². The van der Waals surface area contributed by atoms with E-state index in [0.717, 1.165) is 43.4 Å². The Hall–Kier alpha value is -2.67. The number of likely N-dealkylation sites (N-methyl/N-ethyl adjacent to an activating group) is 1. The van der Waals surface area contributed by atoms with Crippen LogP contribution in [-0.2, 0) is 17.8 Å². The maximum absolute atomic E-state index is 13.7. The predicted molar refractivity (Wildman–Crippen MR) is 130 cm³/mol. The smallest absolute Gasteiger partial charge is 0.273 e. The van der Waals surface area contributed by atoms with Crippen LogP contribution in [-0.4, -0.2) is 70.2 Å². The quantitative estimate of drug-likeness (QED) is 0.701. The molecule has 1 atom stereocenters. The molecular weight excluding hydrogens is 414 g/mol. The molecule has 178 valence electrons. The van der Waals surface area contributed by atoms with Crippen LogP contribution in [0.3, 0.4) is 0 Å². The molecule has 33 heavy (non-hydrogen) atoms. The Balaban J connectivity index is 1.64. The van der Waals surface area contributed by atoms with Gasteiger partial charge in [-0.25, -0.2) is 0 Å². The lowest BCUT2D eigenvalue weighted by Crippen LogP contribution is -2.65. The molecular formula is C26H37N5O2. The average Bonchev–Trinajstić information content (AvgIpc) is 3.23. The average molecular weight is 452 g/mol. The maximum atomic E-state index is 13.7. The molecule has 1 N–H and O–H groups in total. The van der Waals surface area contributed by atoms with Gasteiger partial charge in [-0.2, -0.15) is 5.10 Å². The standard InChI is InChI=1S/C26H37N5O2/c1-5-19-11-13-20(14-12-19)22-17-23-24(32)30(16-15-29(3)4)26(2,18-31(23)28-22)25(33)27-21-9-7-6-8-10-21/h11-14,17,21H,5-10,15-16,18H2,1-4H3,(H,27,33)/t26-/m0/s1. The molecule has 1 aliphatic carbocycles. The van der Waals surface area contributed by atoms with Crippen LogP contribution in [0.5, 0.6) is 0 Å². The van der Waals surface area contributed by atoms with Crippen molar-refractivity contribution in [1.82, 2.24) is 24.9 Å². The Morgan fingerprint density at radius 1 is 1.18 bits per heavy atom. The normalized spacial score (nSPS) is 21.4. The first-order valence-corrected chi connectivity index (χ1v) is 12.3. The number of nitrogens with one attached hydrogen (secondary N) is 1. The third-order valence-electron chi connectivity index (χ3n) is 7.16. The summed E-state index contributed by atoms with van der Waals surface area (Å²) < 4.78 is 1.73. The van der Waals surface area contributed by atoms with E-state index in [1.807, 2.05) is 32.0 Å². The third-order valence-corrected chi connectivity index (χ3v) is 7.16. The summed E-state index contributed by atoms with van der Waals surface area (Å²) in [6, 6.07) is 10.4. The highest BCUT2D eigenvalue weighted by molar-refractivity contribution is 6.00. The van der Waals surface area contributed by atoms with Gasteiger partial charge in [0.05, 0.1) is 12.2 Å². The molecule has 2 aromatic rings. The third kappa shape index (κ3) is 4.83. The highest BCUT2D eigenvalue weighted by atomic mass is 16.2. The van der Waals surface area contributed by atoms with E-state index in [-0.39, 0.29) is 17.9 Å². The second-order valence-corrected chi connectivity index (χ2v) is 9.97. The maximum Gasteiger partial charge on any atom is 0.273 e.